The molecule has 6 heteroatoms. The Hall–Kier alpha value is -1.30. The molecule has 0 aliphatic carbocycles. The van der Waals surface area contributed by atoms with Gasteiger partial charge in [-0.2, -0.15) is 0 Å². The Kier molecular flexibility index (Phi) is 4.06. The van der Waals surface area contributed by atoms with Crippen molar-refractivity contribution >= 4 is 12.0 Å². The summed E-state index contributed by atoms with van der Waals surface area (Å²) in [4.78, 5) is 26.7. The van der Waals surface area contributed by atoms with E-state index in [1.54, 1.807) is 4.90 Å². The number of urea groups is 1. The van der Waals surface area contributed by atoms with Gasteiger partial charge in [0.1, 0.15) is 6.04 Å². The van der Waals surface area contributed by atoms with Crippen LogP contribution in [0.15, 0.2) is 0 Å². The molecule has 0 aromatic heterocycles. The van der Waals surface area contributed by atoms with Crippen molar-refractivity contribution in [2.75, 3.05) is 26.2 Å². The van der Waals surface area contributed by atoms with Crippen molar-refractivity contribution in [3.05, 3.63) is 0 Å². The third-order valence-corrected chi connectivity index (χ3v) is 3.55. The number of nitrogens with zero attached hydrogens (tertiary/aromatic N) is 2. The van der Waals surface area contributed by atoms with Gasteiger partial charge in [0.25, 0.3) is 0 Å². The van der Waals surface area contributed by atoms with Crippen LogP contribution in [0, 0.1) is 0 Å². The molecule has 2 saturated heterocycles. The van der Waals surface area contributed by atoms with Crippen molar-refractivity contribution in [3.63, 3.8) is 0 Å². The highest BCUT2D eigenvalue weighted by molar-refractivity contribution is 5.83. The van der Waals surface area contributed by atoms with Crippen LogP contribution in [0.3, 0.4) is 0 Å². The molecular weight excluding hydrogens is 236 g/mol. The first kappa shape index (κ1) is 13.1. The van der Waals surface area contributed by atoms with E-state index >= 15 is 0 Å². The fourth-order valence-corrected chi connectivity index (χ4v) is 2.59. The van der Waals surface area contributed by atoms with Gasteiger partial charge < -0.3 is 19.6 Å². The van der Waals surface area contributed by atoms with Crippen LogP contribution >= 0.6 is 0 Å². The highest BCUT2D eigenvalue weighted by Gasteiger charge is 2.35. The second-order valence-corrected chi connectivity index (χ2v) is 4.95. The van der Waals surface area contributed by atoms with E-state index in [-0.39, 0.29) is 12.1 Å². The number of ether oxygens (including phenoxy) is 1. The Labute approximate surface area is 106 Å². The van der Waals surface area contributed by atoms with E-state index in [0.717, 1.165) is 12.8 Å². The lowest BCUT2D eigenvalue weighted by Gasteiger charge is -2.39. The predicted octanol–water partition coefficient (Wildman–Crippen LogP) is 0.766. The van der Waals surface area contributed by atoms with E-state index < -0.39 is 12.0 Å². The molecule has 0 aromatic carbocycles. The number of carboxylic acids is 1. The van der Waals surface area contributed by atoms with E-state index in [1.165, 1.54) is 4.90 Å². The van der Waals surface area contributed by atoms with Crippen molar-refractivity contribution in [1.82, 2.24) is 9.80 Å². The number of rotatable bonds is 1. The summed E-state index contributed by atoms with van der Waals surface area (Å²) in [5.41, 5.74) is 0. The summed E-state index contributed by atoms with van der Waals surface area (Å²) in [7, 11) is 0. The molecule has 0 aromatic rings. The van der Waals surface area contributed by atoms with E-state index in [4.69, 9.17) is 4.74 Å². The Morgan fingerprint density at radius 2 is 2.06 bits per heavy atom. The topological polar surface area (TPSA) is 70.1 Å². The first-order valence-corrected chi connectivity index (χ1v) is 6.49. The number of morpholine rings is 1. The third-order valence-electron chi connectivity index (χ3n) is 3.55. The molecule has 2 rings (SSSR count). The van der Waals surface area contributed by atoms with Crippen LogP contribution in [0.5, 0.6) is 0 Å². The fourth-order valence-electron chi connectivity index (χ4n) is 2.59. The van der Waals surface area contributed by atoms with Gasteiger partial charge in [-0.25, -0.2) is 9.59 Å². The average molecular weight is 256 g/mol. The molecule has 0 radical (unpaired) electrons. The van der Waals surface area contributed by atoms with Gasteiger partial charge in [0.2, 0.25) is 0 Å². The number of hydrogen-bond acceptors (Lipinski definition) is 3. The smallest absolute Gasteiger partial charge is 0.326 e. The Bertz CT molecular complexity index is 334. The molecule has 2 fully saturated rings. The lowest BCUT2D eigenvalue weighted by Crippen LogP contribution is -2.56. The molecule has 0 saturated carbocycles. The molecule has 2 atom stereocenters. The summed E-state index contributed by atoms with van der Waals surface area (Å²) in [6, 6.07) is -0.818. The largest absolute Gasteiger partial charge is 0.480 e. The van der Waals surface area contributed by atoms with Crippen LogP contribution in [0.25, 0.3) is 0 Å². The van der Waals surface area contributed by atoms with E-state index in [2.05, 4.69) is 0 Å². The second kappa shape index (κ2) is 5.56. The van der Waals surface area contributed by atoms with Crippen LogP contribution in [-0.2, 0) is 9.53 Å². The average Bonchev–Trinajstić information content (AvgIpc) is 2.38. The highest BCUT2D eigenvalue weighted by Crippen LogP contribution is 2.20. The van der Waals surface area contributed by atoms with Gasteiger partial charge in [-0.05, 0) is 26.2 Å². The highest BCUT2D eigenvalue weighted by atomic mass is 16.5. The minimum Gasteiger partial charge on any atom is -0.480 e. The minimum absolute atomic E-state index is 0.0239. The maximum atomic E-state index is 12.3. The van der Waals surface area contributed by atoms with Crippen molar-refractivity contribution < 1.29 is 19.4 Å². The Balaban J connectivity index is 2.03. The van der Waals surface area contributed by atoms with Crippen LogP contribution in [-0.4, -0.2) is 65.3 Å². The summed E-state index contributed by atoms with van der Waals surface area (Å²) >= 11 is 0. The summed E-state index contributed by atoms with van der Waals surface area (Å²) in [5, 5.41) is 9.17. The normalized spacial score (nSPS) is 29.2. The number of hydrogen-bond donors (Lipinski definition) is 1. The van der Waals surface area contributed by atoms with Gasteiger partial charge in [0.15, 0.2) is 0 Å². The van der Waals surface area contributed by atoms with Crippen molar-refractivity contribution in [2.24, 2.45) is 0 Å². The third kappa shape index (κ3) is 2.75. The summed E-state index contributed by atoms with van der Waals surface area (Å²) < 4.78 is 5.39. The number of aliphatic carboxylic acids is 1. The minimum atomic E-state index is -0.899. The second-order valence-electron chi connectivity index (χ2n) is 4.95. The Morgan fingerprint density at radius 1 is 1.28 bits per heavy atom. The summed E-state index contributed by atoms with van der Waals surface area (Å²) in [6.45, 7) is 4.08. The molecule has 102 valence electrons. The van der Waals surface area contributed by atoms with E-state index in [0.29, 0.717) is 32.7 Å². The molecule has 2 aliphatic rings. The zero-order chi connectivity index (χ0) is 13.1. The number of carbonyl (C=O) groups is 2. The summed E-state index contributed by atoms with van der Waals surface area (Å²) in [5.74, 6) is -0.899. The maximum Gasteiger partial charge on any atom is 0.326 e. The first-order valence-electron chi connectivity index (χ1n) is 6.49. The molecule has 2 unspecified atom stereocenters. The molecule has 6 nitrogen and oxygen atoms in total. The van der Waals surface area contributed by atoms with Gasteiger partial charge in [-0.1, -0.05) is 0 Å². The quantitative estimate of drug-likeness (QED) is 0.752. The van der Waals surface area contributed by atoms with Gasteiger partial charge in [-0.3, -0.25) is 0 Å². The molecule has 2 aliphatic heterocycles. The lowest BCUT2D eigenvalue weighted by atomic mass is 10.0. The molecule has 1 N–H and O–H groups in total. The fraction of sp³-hybridized carbons (Fsp3) is 0.833. The van der Waals surface area contributed by atoms with Gasteiger partial charge in [-0.15, -0.1) is 0 Å². The van der Waals surface area contributed by atoms with E-state index in [9.17, 15) is 14.7 Å². The van der Waals surface area contributed by atoms with Crippen LogP contribution in [0.4, 0.5) is 4.79 Å². The SMILES string of the molecule is CC1CN(C(=O)N2CCCCC2C(=O)O)CCO1. The number of amides is 2. The van der Waals surface area contributed by atoms with Crippen molar-refractivity contribution in [3.8, 4) is 0 Å². The number of piperidine rings is 1. The van der Waals surface area contributed by atoms with E-state index in [1.807, 2.05) is 6.92 Å². The molecule has 2 heterocycles. The van der Waals surface area contributed by atoms with Crippen molar-refractivity contribution in [2.45, 2.75) is 38.3 Å². The van der Waals surface area contributed by atoms with Crippen LogP contribution in [0.1, 0.15) is 26.2 Å². The maximum absolute atomic E-state index is 12.3. The summed E-state index contributed by atoms with van der Waals surface area (Å²) in [6.07, 6.45) is 2.34. The predicted molar refractivity (Wildman–Crippen MR) is 64.4 cm³/mol. The molecule has 2 amide bonds. The molecule has 0 spiro atoms. The molecule has 0 bridgehead atoms. The zero-order valence-electron chi connectivity index (χ0n) is 10.7. The number of carboxylic acid groups (broad SMARTS) is 1. The van der Waals surface area contributed by atoms with Gasteiger partial charge >= 0.3 is 12.0 Å². The first-order chi connectivity index (χ1) is 8.59. The van der Waals surface area contributed by atoms with Crippen molar-refractivity contribution in [1.29, 1.82) is 0 Å². The number of likely N-dealkylation sites (tertiary alicyclic amines) is 1. The molecular formula is C12H20N2O4. The van der Waals surface area contributed by atoms with Gasteiger partial charge in [0.05, 0.1) is 12.7 Å². The molecule has 18 heavy (non-hydrogen) atoms. The Morgan fingerprint density at radius 3 is 2.72 bits per heavy atom. The lowest BCUT2D eigenvalue weighted by molar-refractivity contribution is -0.143. The standard InChI is InChI=1S/C12H20N2O4/c1-9-8-13(6-7-18-9)12(17)14-5-3-2-4-10(14)11(15)16/h9-10H,2-8H2,1H3,(H,15,16). The van der Waals surface area contributed by atoms with Gasteiger partial charge in [0, 0.05) is 19.6 Å². The monoisotopic (exact) mass is 256 g/mol. The van der Waals surface area contributed by atoms with Crippen LogP contribution in [0.2, 0.25) is 0 Å². The zero-order valence-corrected chi connectivity index (χ0v) is 10.7. The van der Waals surface area contributed by atoms with Crippen LogP contribution < -0.4 is 0 Å². The number of carbonyl (C=O) groups excluding carboxylic acids is 1.